The van der Waals surface area contributed by atoms with E-state index in [-0.39, 0.29) is 115 Å². The largest absolute Gasteiger partial charge is 0.508 e. The summed E-state index contributed by atoms with van der Waals surface area (Å²) in [6.45, 7) is 1.69. The molecule has 3 aliphatic heterocycles. The van der Waals surface area contributed by atoms with Crippen LogP contribution < -0.4 is 9.47 Å². The topological polar surface area (TPSA) is 248 Å². The molecule has 0 spiro atoms. The van der Waals surface area contributed by atoms with E-state index in [0.717, 1.165) is 52.8 Å². The van der Waals surface area contributed by atoms with Crippen molar-refractivity contribution in [1.29, 1.82) is 0 Å². The number of ether oxygens (including phenoxy) is 7. The molecule has 77 heavy (non-hydrogen) atoms. The van der Waals surface area contributed by atoms with Crippen LogP contribution in [0.25, 0.3) is 5.57 Å². The molecule has 0 aromatic heterocycles. The Morgan fingerprint density at radius 1 is 0.766 bits per heavy atom. The summed E-state index contributed by atoms with van der Waals surface area (Å²) >= 11 is 5.96. The van der Waals surface area contributed by atoms with Crippen molar-refractivity contribution in [3.63, 3.8) is 0 Å². The van der Waals surface area contributed by atoms with E-state index < -0.39 is 63.7 Å². The number of hydrogen-bond acceptors (Lipinski definition) is 19. The van der Waals surface area contributed by atoms with Crippen LogP contribution in [0.15, 0.2) is 60.2 Å². The molecule has 3 amide bonds. The maximum absolute atomic E-state index is 15.7. The quantitative estimate of drug-likeness (QED) is 0.0245. The lowest BCUT2D eigenvalue weighted by Gasteiger charge is -2.50. The van der Waals surface area contributed by atoms with Crippen molar-refractivity contribution in [2.75, 3.05) is 79.7 Å². The van der Waals surface area contributed by atoms with Gasteiger partial charge in [0.2, 0.25) is 5.91 Å². The lowest BCUT2D eigenvalue weighted by molar-refractivity contribution is -0.493. The summed E-state index contributed by atoms with van der Waals surface area (Å²) in [5.41, 5.74) is 4.50. The number of hydrogen-bond donors (Lipinski definition) is 4. The number of nitrogens with zero attached hydrogens (tertiary/aromatic N) is 5. The molecule has 2 bridgehead atoms. The van der Waals surface area contributed by atoms with Gasteiger partial charge in [-0.1, -0.05) is 48.0 Å². The Morgan fingerprint density at radius 3 is 2.09 bits per heavy atom. The third-order valence-electron chi connectivity index (χ3n) is 13.7. The first-order valence-electron chi connectivity index (χ1n) is 25.5. The number of likely N-dealkylation sites (tertiary alicyclic amines) is 1. The van der Waals surface area contributed by atoms with Crippen molar-refractivity contribution >= 4 is 41.2 Å². The van der Waals surface area contributed by atoms with Crippen molar-refractivity contribution in [3.8, 4) is 11.5 Å². The van der Waals surface area contributed by atoms with Crippen LogP contribution in [0.3, 0.4) is 0 Å². The van der Waals surface area contributed by atoms with Gasteiger partial charge in [0.1, 0.15) is 36.4 Å². The smallest absolute Gasteiger partial charge is 0.496 e. The molecule has 0 radical (unpaired) electrons. The molecule has 1 aliphatic carbocycles. The van der Waals surface area contributed by atoms with E-state index in [1.54, 1.807) is 16.9 Å². The highest BCUT2D eigenvalue weighted by Gasteiger charge is 2.51. The Kier molecular flexibility index (Phi) is 22.0. The fourth-order valence-electron chi connectivity index (χ4n) is 10.0. The fraction of sp³-hybridized carbons (Fsp3) is 0.538. The van der Waals surface area contributed by atoms with Gasteiger partial charge in [-0.2, -0.15) is 0 Å². The molecule has 7 rings (SSSR count). The van der Waals surface area contributed by atoms with Crippen LogP contribution in [0, 0.1) is 24.5 Å². The Balaban J connectivity index is 1.14. The lowest BCUT2D eigenvalue weighted by Crippen LogP contribution is -2.59. The van der Waals surface area contributed by atoms with Crippen molar-refractivity contribution in [2.24, 2.45) is 5.92 Å². The zero-order chi connectivity index (χ0) is 55.0. The molecule has 422 valence electrons. The number of carbonyl (C=O) groups excluding carboxylic acids is 4. The highest BCUT2D eigenvalue weighted by atomic mass is 35.5. The van der Waals surface area contributed by atoms with Gasteiger partial charge in [0.25, 0.3) is 5.91 Å². The highest BCUT2D eigenvalue weighted by molar-refractivity contribution is 6.32. The van der Waals surface area contributed by atoms with E-state index in [9.17, 15) is 23.2 Å². The maximum Gasteiger partial charge on any atom is 0.508 e. The van der Waals surface area contributed by atoms with E-state index >= 15 is 4.79 Å². The van der Waals surface area contributed by atoms with Crippen LogP contribution in [-0.4, -0.2) is 174 Å². The zero-order valence-electron chi connectivity index (χ0n) is 42.9. The number of fused-ring (bicyclic) bond motifs is 2. The van der Waals surface area contributed by atoms with Crippen LogP contribution in [0.5, 0.6) is 11.5 Å². The highest BCUT2D eigenvalue weighted by Crippen LogP contribution is 2.46. The number of carbonyl (C=O) groups is 4. The Bertz CT molecular complexity index is 2510. The van der Waals surface area contributed by atoms with Crippen LogP contribution in [0.4, 0.5) is 18.4 Å². The normalized spacial score (nSPS) is 19.2. The van der Waals surface area contributed by atoms with Crippen LogP contribution >= 0.6 is 11.6 Å². The van der Waals surface area contributed by atoms with Crippen molar-refractivity contribution in [2.45, 2.75) is 95.4 Å². The molecule has 3 fully saturated rings. The summed E-state index contributed by atoms with van der Waals surface area (Å²) in [5.74, 6) is -2.36. The molecular weight excluding hydrogens is 1040 g/mol. The molecule has 25 heteroatoms. The molecule has 3 heterocycles. The minimum atomic E-state index is -0.959. The van der Waals surface area contributed by atoms with Gasteiger partial charge >= 0.3 is 12.2 Å². The average Bonchev–Trinajstić information content (AvgIpc) is 4.25. The van der Waals surface area contributed by atoms with E-state index in [2.05, 4.69) is 9.68 Å². The number of halogens is 3. The second kappa shape index (κ2) is 28.7. The molecule has 4 aliphatic rings. The third kappa shape index (κ3) is 16.4. The van der Waals surface area contributed by atoms with Crippen LogP contribution in [0.2, 0.25) is 5.02 Å². The number of amides is 3. The van der Waals surface area contributed by atoms with Gasteiger partial charge in [0, 0.05) is 36.7 Å². The van der Waals surface area contributed by atoms with Crippen molar-refractivity contribution in [3.05, 3.63) is 99.1 Å². The maximum atomic E-state index is 15.7. The molecular formula is C52H66ClF2N5O17. The number of piperidine rings is 1. The monoisotopic (exact) mass is 1110 g/mol. The Hall–Kier alpha value is -5.77. The van der Waals surface area contributed by atoms with Crippen molar-refractivity contribution in [1.82, 2.24) is 25.5 Å². The third-order valence-corrected chi connectivity index (χ3v) is 14.1. The molecule has 22 nitrogen and oxygen atoms in total. The van der Waals surface area contributed by atoms with Gasteiger partial charge in [0.05, 0.1) is 76.2 Å². The molecule has 3 aromatic rings. The molecule has 1 saturated carbocycles. The summed E-state index contributed by atoms with van der Waals surface area (Å²) in [4.78, 5) is 71.6. The molecule has 4 N–H and O–H groups in total. The SMILES string of the molecule is COc1ccc(CN(C(=O)C2=C(c3ccc(CCCOc4c(F)ccc(F)c4Cl)cc3)CC3CC(C(=O)N4CCCC4COC(=O)OCCOCCON(O)O)CC2N3C(=O)OCCOCCON(O)O)C2CC2)cc1C. The van der Waals surface area contributed by atoms with Crippen LogP contribution in [-0.2, 0) is 55.9 Å². The van der Waals surface area contributed by atoms with E-state index in [0.29, 0.717) is 43.6 Å². The molecule has 3 aromatic carbocycles. The number of aryl methyl sites for hydroxylation is 2. The minimum absolute atomic E-state index is 0.00991. The first kappa shape index (κ1) is 58.9. The average molecular weight is 1110 g/mol. The summed E-state index contributed by atoms with van der Waals surface area (Å²) in [6.07, 6.45) is 2.50. The first-order chi connectivity index (χ1) is 37.1. The van der Waals surface area contributed by atoms with Gasteiger partial charge in [-0.3, -0.25) is 35.3 Å². The molecule has 4 unspecified atom stereocenters. The molecule has 2 saturated heterocycles. The van der Waals surface area contributed by atoms with E-state index in [1.165, 1.54) is 0 Å². The van der Waals surface area contributed by atoms with E-state index in [4.69, 9.17) is 65.6 Å². The number of methoxy groups -OCH3 is 1. The Labute approximate surface area is 448 Å². The van der Waals surface area contributed by atoms with Gasteiger partial charge in [-0.05, 0) is 111 Å². The predicted molar refractivity (Wildman–Crippen MR) is 264 cm³/mol. The summed E-state index contributed by atoms with van der Waals surface area (Å²) in [7, 11) is 1.59. The second-order valence-electron chi connectivity index (χ2n) is 18.9. The molecule has 4 atom stereocenters. The number of rotatable bonds is 28. The Morgan fingerprint density at radius 2 is 1.43 bits per heavy atom. The van der Waals surface area contributed by atoms with Gasteiger partial charge in [-0.25, -0.2) is 28.0 Å². The van der Waals surface area contributed by atoms with Crippen LogP contribution in [0.1, 0.15) is 73.6 Å². The zero-order valence-corrected chi connectivity index (χ0v) is 43.7. The fourth-order valence-corrected chi connectivity index (χ4v) is 10.2. The summed E-state index contributed by atoms with van der Waals surface area (Å²) in [6, 6.07) is 13.2. The van der Waals surface area contributed by atoms with Gasteiger partial charge in [0.15, 0.2) is 11.6 Å². The van der Waals surface area contributed by atoms with E-state index in [1.807, 2.05) is 54.3 Å². The standard InChI is InChI=1S/C52H66ClF2N5O17/c1-33-27-35(9-16-45(33)69-2)31-57(38-12-13-38)50(62)46-41(36-10-7-34(8-11-36)5-4-18-72-48-43(55)15-14-42(54)47(48)53)30-40-28-37(29-44(46)58(40)51(63)73-23-19-70-21-25-76-59(65)66)49(61)56-17-3-6-39(56)32-75-52(64)74-24-20-71-22-26-77-60(67)68/h7-11,14-16,27,37-40,44,65-68H,3-6,12-13,17-26,28-32H2,1-2H3. The lowest BCUT2D eigenvalue weighted by atomic mass is 9.73. The summed E-state index contributed by atoms with van der Waals surface area (Å²) < 4.78 is 66.5. The predicted octanol–water partition coefficient (Wildman–Crippen LogP) is 7.08. The number of benzene rings is 3. The minimum Gasteiger partial charge on any atom is -0.496 e. The van der Waals surface area contributed by atoms with Gasteiger partial charge in [-0.15, -0.1) is 0 Å². The van der Waals surface area contributed by atoms with Gasteiger partial charge < -0.3 is 43.0 Å². The second-order valence-corrected chi connectivity index (χ2v) is 19.3. The van der Waals surface area contributed by atoms with Crippen molar-refractivity contribution < 1.29 is 91.6 Å². The first-order valence-corrected chi connectivity index (χ1v) is 25.9. The summed E-state index contributed by atoms with van der Waals surface area (Å²) in [5, 5.41) is 33.5.